The van der Waals surface area contributed by atoms with Gasteiger partial charge in [-0.3, -0.25) is 0 Å². The minimum Gasteiger partial charge on any atom is -0.474 e. The third-order valence-electron chi connectivity index (χ3n) is 8.45. The van der Waals surface area contributed by atoms with Crippen molar-refractivity contribution in [3.05, 3.63) is 35.9 Å². The van der Waals surface area contributed by atoms with Gasteiger partial charge in [-0.05, 0) is 77.0 Å². The van der Waals surface area contributed by atoms with Crippen molar-refractivity contribution in [2.45, 2.75) is 106 Å². The second-order valence-electron chi connectivity index (χ2n) is 11.3. The lowest BCUT2D eigenvalue weighted by Crippen LogP contribution is -2.52. The molecule has 11 heteroatoms. The number of carbonyl (C=O) groups is 1. The number of piperidine rings is 1. The first-order valence-electron chi connectivity index (χ1n) is 13.4. The smallest absolute Gasteiger partial charge is 0.410 e. The third-order valence-corrected chi connectivity index (χ3v) is 10.7. The highest BCUT2D eigenvalue weighted by Crippen LogP contribution is 2.41. The first kappa shape index (κ1) is 25.3. The zero-order valence-corrected chi connectivity index (χ0v) is 22.5. The first-order valence-corrected chi connectivity index (χ1v) is 15.0. The summed E-state index contributed by atoms with van der Waals surface area (Å²) in [6.07, 6.45) is 8.47. The molecule has 0 spiro atoms. The Morgan fingerprint density at radius 2 is 1.84 bits per heavy atom. The molecule has 4 aliphatic rings. The third kappa shape index (κ3) is 4.69. The van der Waals surface area contributed by atoms with Crippen LogP contribution in [0.1, 0.15) is 70.3 Å². The van der Waals surface area contributed by atoms with Crippen molar-refractivity contribution < 1.29 is 27.1 Å². The Labute approximate surface area is 222 Å². The zero-order valence-electron chi connectivity index (χ0n) is 21.7. The average Bonchev–Trinajstić information content (AvgIpc) is 3.67. The molecule has 204 valence electrons. The van der Waals surface area contributed by atoms with Crippen LogP contribution in [0.4, 0.5) is 20.7 Å². The molecule has 2 saturated carbocycles. The van der Waals surface area contributed by atoms with Crippen molar-refractivity contribution in [1.29, 1.82) is 0 Å². The summed E-state index contributed by atoms with van der Waals surface area (Å²) in [4.78, 5) is 23.4. The number of carbonyl (C=O) groups excluding carboxylic acids is 1. The lowest BCUT2D eigenvalue weighted by atomic mass is 9.82. The number of nitrogens with zero attached hydrogens (tertiary/aromatic N) is 3. The first-order chi connectivity index (χ1) is 18.1. The highest BCUT2D eigenvalue weighted by atomic mass is 32.2. The molecular weight excluding hydrogens is 511 g/mol. The molecule has 2 unspecified atom stereocenters. The summed E-state index contributed by atoms with van der Waals surface area (Å²) in [5.41, 5.74) is 0.419. The lowest BCUT2D eigenvalue weighted by molar-refractivity contribution is -0.0610. The van der Waals surface area contributed by atoms with E-state index in [2.05, 4.69) is 15.3 Å². The molecule has 2 aliphatic carbocycles. The predicted octanol–water partition coefficient (Wildman–Crippen LogP) is 5.06. The van der Waals surface area contributed by atoms with Gasteiger partial charge in [0.1, 0.15) is 29.7 Å². The summed E-state index contributed by atoms with van der Waals surface area (Å²) in [5, 5.41) is 2.56. The molecule has 9 nitrogen and oxygen atoms in total. The van der Waals surface area contributed by atoms with Crippen LogP contribution in [0.5, 0.6) is 5.88 Å². The van der Waals surface area contributed by atoms with Gasteiger partial charge < -0.3 is 19.7 Å². The number of aromatic nitrogens is 2. The molecule has 2 saturated heterocycles. The largest absolute Gasteiger partial charge is 0.474 e. The summed E-state index contributed by atoms with van der Waals surface area (Å²) >= 11 is 0. The van der Waals surface area contributed by atoms with E-state index in [9.17, 15) is 17.6 Å². The van der Waals surface area contributed by atoms with Gasteiger partial charge in [0, 0.05) is 24.9 Å². The van der Waals surface area contributed by atoms with Gasteiger partial charge in [0.25, 0.3) is 0 Å². The van der Waals surface area contributed by atoms with E-state index in [-0.39, 0.29) is 40.5 Å². The molecule has 2 aromatic rings. The van der Waals surface area contributed by atoms with E-state index in [1.807, 2.05) is 11.8 Å². The van der Waals surface area contributed by atoms with Crippen LogP contribution in [0.3, 0.4) is 0 Å². The van der Waals surface area contributed by atoms with E-state index >= 15 is 0 Å². The number of nitrogens with one attached hydrogen (secondary N) is 1. The highest BCUT2D eigenvalue weighted by Gasteiger charge is 2.47. The molecule has 1 N–H and O–H groups in total. The van der Waals surface area contributed by atoms with Gasteiger partial charge in [0.2, 0.25) is 5.88 Å². The number of benzene rings is 1. The molecule has 2 aliphatic heterocycles. The normalized spacial score (nSPS) is 26.0. The van der Waals surface area contributed by atoms with Crippen LogP contribution in [0, 0.1) is 12.7 Å². The molecule has 2 bridgehead atoms. The van der Waals surface area contributed by atoms with Crippen molar-refractivity contribution in [1.82, 2.24) is 14.9 Å². The van der Waals surface area contributed by atoms with Crippen molar-refractivity contribution in [3.8, 4) is 5.88 Å². The van der Waals surface area contributed by atoms with Crippen molar-refractivity contribution >= 4 is 27.4 Å². The Bertz CT molecular complexity index is 1350. The van der Waals surface area contributed by atoms with Gasteiger partial charge in [-0.2, -0.15) is 0 Å². The molecule has 2 atom stereocenters. The Morgan fingerprint density at radius 1 is 1.13 bits per heavy atom. The maximum Gasteiger partial charge on any atom is 0.410 e. The lowest BCUT2D eigenvalue weighted by Gasteiger charge is -2.43. The summed E-state index contributed by atoms with van der Waals surface area (Å²) in [6, 6.07) is 4.06. The Kier molecular flexibility index (Phi) is 6.24. The Morgan fingerprint density at radius 3 is 2.45 bits per heavy atom. The molecule has 3 heterocycles. The monoisotopic (exact) mass is 544 g/mol. The predicted molar refractivity (Wildman–Crippen MR) is 138 cm³/mol. The van der Waals surface area contributed by atoms with Crippen molar-refractivity contribution in [3.63, 3.8) is 0 Å². The maximum atomic E-state index is 14.8. The van der Waals surface area contributed by atoms with Gasteiger partial charge in [-0.1, -0.05) is 0 Å². The van der Waals surface area contributed by atoms with Gasteiger partial charge >= 0.3 is 6.09 Å². The van der Waals surface area contributed by atoms with Crippen molar-refractivity contribution in [2.24, 2.45) is 0 Å². The fourth-order valence-corrected chi connectivity index (χ4v) is 7.54. The minimum absolute atomic E-state index is 0.00173. The molecule has 38 heavy (non-hydrogen) atoms. The second kappa shape index (κ2) is 9.36. The van der Waals surface area contributed by atoms with Crippen LogP contribution in [0.2, 0.25) is 0 Å². The second-order valence-corrected chi connectivity index (χ2v) is 13.6. The molecule has 1 aromatic heterocycles. The maximum absolute atomic E-state index is 14.8. The van der Waals surface area contributed by atoms with E-state index in [0.717, 1.165) is 38.2 Å². The quantitative estimate of drug-likeness (QED) is 0.515. The number of ether oxygens (including phenoxy) is 2. The topological polar surface area (TPSA) is 111 Å². The van der Waals surface area contributed by atoms with E-state index in [4.69, 9.17) is 9.47 Å². The van der Waals surface area contributed by atoms with Crippen LogP contribution in [-0.2, 0) is 14.6 Å². The molecular formula is C27H33FN4O5S. The minimum atomic E-state index is -3.48. The highest BCUT2D eigenvalue weighted by molar-refractivity contribution is 7.92. The van der Waals surface area contributed by atoms with E-state index in [1.165, 1.54) is 18.5 Å². The fourth-order valence-electron chi connectivity index (χ4n) is 5.87. The van der Waals surface area contributed by atoms with E-state index < -0.39 is 20.9 Å². The number of sulfone groups is 1. The summed E-state index contributed by atoms with van der Waals surface area (Å²) < 4.78 is 51.8. The number of fused-ring (bicyclic) bond motifs is 2. The molecule has 6 rings (SSSR count). The number of rotatable bonds is 7. The Balaban J connectivity index is 1.12. The number of hydrogen-bond donors (Lipinski definition) is 1. The van der Waals surface area contributed by atoms with Gasteiger partial charge in [0.15, 0.2) is 9.84 Å². The van der Waals surface area contributed by atoms with Crippen LogP contribution in [-0.4, -0.2) is 58.4 Å². The number of hydrogen-bond acceptors (Lipinski definition) is 8. The van der Waals surface area contributed by atoms with Gasteiger partial charge in [-0.25, -0.2) is 27.6 Å². The molecule has 1 aromatic carbocycles. The fraction of sp³-hybridized carbons (Fsp3) is 0.593. The van der Waals surface area contributed by atoms with Crippen molar-refractivity contribution in [2.75, 3.05) is 5.32 Å². The van der Waals surface area contributed by atoms with Crippen LogP contribution in [0.25, 0.3) is 0 Å². The summed E-state index contributed by atoms with van der Waals surface area (Å²) in [6.45, 7) is 3.80. The average molecular weight is 545 g/mol. The molecule has 4 fully saturated rings. The zero-order chi connectivity index (χ0) is 26.7. The number of anilines is 2. The Hall–Kier alpha value is -2.95. The van der Waals surface area contributed by atoms with Crippen LogP contribution >= 0.6 is 0 Å². The number of halogens is 1. The van der Waals surface area contributed by atoms with E-state index in [1.54, 1.807) is 6.92 Å². The number of amides is 1. The van der Waals surface area contributed by atoms with Crippen LogP contribution in [0.15, 0.2) is 29.4 Å². The summed E-state index contributed by atoms with van der Waals surface area (Å²) in [7, 11) is -3.48. The molecule has 0 radical (unpaired) electrons. The van der Waals surface area contributed by atoms with Gasteiger partial charge in [0.05, 0.1) is 21.4 Å². The van der Waals surface area contributed by atoms with Gasteiger partial charge in [-0.15, -0.1) is 0 Å². The van der Waals surface area contributed by atoms with Crippen LogP contribution < -0.4 is 10.1 Å². The SMILES string of the molecule is Cc1c(Nc2ccc(S(=O)(=O)C3CC3)cc2F)ncnc1OC1CC2CCC(C1)N2C(=O)OC1(C)CCC1. The van der Waals surface area contributed by atoms with E-state index in [0.29, 0.717) is 42.9 Å². The standard InChI is InChI=1S/C27H33FN4O5S/c1-16-24(31-23-9-8-21(14-22(23)28)38(34,35)20-6-7-20)29-15-30-25(16)36-19-12-17-4-5-18(13-19)32(17)26(33)37-27(2)10-3-11-27/h8-9,14-15,17-20H,3-7,10-13H2,1-2H3,(H,29,30,31). The molecule has 1 amide bonds. The summed E-state index contributed by atoms with van der Waals surface area (Å²) in [5.74, 6) is 0.112.